The van der Waals surface area contributed by atoms with Crippen LogP contribution in [0, 0.1) is 24.1 Å². The predicted octanol–water partition coefficient (Wildman–Crippen LogP) is 5.26. The molecule has 3 aromatic rings. The van der Waals surface area contributed by atoms with Crippen molar-refractivity contribution in [3.8, 4) is 11.8 Å². The van der Waals surface area contributed by atoms with E-state index in [9.17, 15) is 14.4 Å². The number of nitriles is 1. The molecule has 0 spiro atoms. The van der Waals surface area contributed by atoms with Crippen LogP contribution in [0.4, 0.5) is 10.1 Å². The Bertz CT molecular complexity index is 1080. The van der Waals surface area contributed by atoms with Crippen LogP contribution in [0.2, 0.25) is 0 Å². The molecule has 0 heterocycles. The van der Waals surface area contributed by atoms with Crippen LogP contribution < -0.4 is 10.1 Å². The molecule has 0 aromatic heterocycles. The fourth-order valence-corrected chi connectivity index (χ4v) is 2.64. The lowest BCUT2D eigenvalue weighted by Gasteiger charge is -2.10. The van der Waals surface area contributed by atoms with Crippen molar-refractivity contribution in [2.45, 2.75) is 13.5 Å². The van der Waals surface area contributed by atoms with Gasteiger partial charge in [0.2, 0.25) is 0 Å². The summed E-state index contributed by atoms with van der Waals surface area (Å²) in [5.41, 5.74) is 2.58. The highest BCUT2D eigenvalue weighted by atomic mass is 19.1. The third-order valence-corrected chi connectivity index (χ3v) is 4.23. The fraction of sp³-hybridized carbons (Fsp3) is 0.0833. The average molecular weight is 386 g/mol. The lowest BCUT2D eigenvalue weighted by atomic mass is 10.1. The van der Waals surface area contributed by atoms with Crippen LogP contribution in [0.1, 0.15) is 16.7 Å². The second-order valence-corrected chi connectivity index (χ2v) is 6.41. The molecule has 144 valence electrons. The van der Waals surface area contributed by atoms with Gasteiger partial charge in [0, 0.05) is 16.8 Å². The van der Waals surface area contributed by atoms with E-state index in [1.807, 2.05) is 25.1 Å². The highest BCUT2D eigenvalue weighted by molar-refractivity contribution is 6.09. The third-order valence-electron chi connectivity index (χ3n) is 4.23. The highest BCUT2D eigenvalue weighted by Crippen LogP contribution is 2.23. The van der Waals surface area contributed by atoms with Gasteiger partial charge in [0.05, 0.1) is 0 Å². The molecule has 0 atom stereocenters. The van der Waals surface area contributed by atoms with Gasteiger partial charge in [0.1, 0.15) is 29.8 Å². The van der Waals surface area contributed by atoms with E-state index in [-0.39, 0.29) is 18.0 Å². The number of halogens is 1. The van der Waals surface area contributed by atoms with Gasteiger partial charge in [0.15, 0.2) is 0 Å². The van der Waals surface area contributed by atoms with Crippen LogP contribution in [0.3, 0.4) is 0 Å². The van der Waals surface area contributed by atoms with Crippen LogP contribution >= 0.6 is 0 Å². The summed E-state index contributed by atoms with van der Waals surface area (Å²) in [6.45, 7) is 1.99. The summed E-state index contributed by atoms with van der Waals surface area (Å²) in [5, 5.41) is 12.2. The van der Waals surface area contributed by atoms with Crippen LogP contribution in [-0.2, 0) is 11.4 Å². The summed E-state index contributed by atoms with van der Waals surface area (Å²) in [7, 11) is 0. The van der Waals surface area contributed by atoms with Crippen LogP contribution in [0.15, 0.2) is 78.4 Å². The normalized spacial score (nSPS) is 10.9. The van der Waals surface area contributed by atoms with Gasteiger partial charge < -0.3 is 10.1 Å². The number of rotatable bonds is 6. The highest BCUT2D eigenvalue weighted by Gasteiger charge is 2.12. The largest absolute Gasteiger partial charge is 0.488 e. The molecule has 5 heteroatoms. The maximum atomic E-state index is 13.8. The standard InChI is InChI=1S/C24H19FN2O2/c1-17-10-12-21(13-11-17)27-24(28)20(15-26)14-18-6-3-5-9-23(18)29-16-19-7-2-4-8-22(19)25/h2-14H,16H2,1H3,(H,27,28)/b20-14+. The molecule has 0 fully saturated rings. The number of hydrogen-bond donors (Lipinski definition) is 1. The molecular weight excluding hydrogens is 367 g/mol. The Kier molecular flexibility index (Phi) is 6.39. The third kappa shape index (κ3) is 5.30. The topological polar surface area (TPSA) is 62.1 Å². The minimum atomic E-state index is -0.514. The van der Waals surface area contributed by atoms with Crippen molar-refractivity contribution < 1.29 is 13.9 Å². The summed E-state index contributed by atoms with van der Waals surface area (Å²) in [5.74, 6) is -0.414. The molecular formula is C24H19FN2O2. The Morgan fingerprint density at radius 1 is 1.07 bits per heavy atom. The molecule has 1 N–H and O–H groups in total. The number of hydrogen-bond acceptors (Lipinski definition) is 3. The van der Waals surface area contributed by atoms with Gasteiger partial charge in [-0.3, -0.25) is 4.79 Å². The Labute approximate surface area is 168 Å². The van der Waals surface area contributed by atoms with Crippen molar-refractivity contribution in [1.82, 2.24) is 0 Å². The average Bonchev–Trinajstić information content (AvgIpc) is 2.73. The number of para-hydroxylation sites is 1. The second-order valence-electron chi connectivity index (χ2n) is 6.41. The zero-order chi connectivity index (χ0) is 20.6. The number of benzene rings is 3. The van der Waals surface area contributed by atoms with E-state index in [4.69, 9.17) is 4.74 Å². The first-order valence-electron chi connectivity index (χ1n) is 9.02. The molecule has 0 unspecified atom stereocenters. The van der Waals surface area contributed by atoms with E-state index in [1.54, 1.807) is 54.6 Å². The zero-order valence-corrected chi connectivity index (χ0v) is 15.9. The smallest absolute Gasteiger partial charge is 0.266 e. The summed E-state index contributed by atoms with van der Waals surface area (Å²) < 4.78 is 19.5. The van der Waals surface area contributed by atoms with Crippen molar-refractivity contribution in [2.75, 3.05) is 5.32 Å². The van der Waals surface area contributed by atoms with Gasteiger partial charge in [-0.25, -0.2) is 4.39 Å². The SMILES string of the molecule is Cc1ccc(NC(=O)/C(C#N)=C/c2ccccc2OCc2ccccc2F)cc1. The predicted molar refractivity (Wildman–Crippen MR) is 111 cm³/mol. The van der Waals surface area contributed by atoms with Gasteiger partial charge in [-0.2, -0.15) is 5.26 Å². The number of anilines is 1. The number of ether oxygens (including phenoxy) is 1. The van der Waals surface area contributed by atoms with Crippen LogP contribution in [-0.4, -0.2) is 5.91 Å². The molecule has 3 rings (SSSR count). The number of carbonyl (C=O) groups is 1. The second kappa shape index (κ2) is 9.34. The quantitative estimate of drug-likeness (QED) is 0.464. The molecule has 1 amide bonds. The van der Waals surface area contributed by atoms with Crippen LogP contribution in [0.5, 0.6) is 5.75 Å². The number of aryl methyl sites for hydroxylation is 1. The first-order valence-corrected chi connectivity index (χ1v) is 9.02. The maximum Gasteiger partial charge on any atom is 0.266 e. The molecule has 29 heavy (non-hydrogen) atoms. The summed E-state index contributed by atoms with van der Waals surface area (Å²) in [6, 6.07) is 22.5. The monoisotopic (exact) mass is 386 g/mol. The molecule has 0 saturated heterocycles. The lowest BCUT2D eigenvalue weighted by Crippen LogP contribution is -2.13. The van der Waals surface area contributed by atoms with E-state index < -0.39 is 5.91 Å². The Morgan fingerprint density at radius 3 is 2.48 bits per heavy atom. The van der Waals surface area contributed by atoms with Gasteiger partial charge in [-0.15, -0.1) is 0 Å². The van der Waals surface area contributed by atoms with E-state index >= 15 is 0 Å². The van der Waals surface area contributed by atoms with Crippen molar-refractivity contribution in [3.63, 3.8) is 0 Å². The van der Waals surface area contributed by atoms with E-state index in [0.717, 1.165) is 5.56 Å². The van der Waals surface area contributed by atoms with Gasteiger partial charge in [-0.1, -0.05) is 54.1 Å². The zero-order valence-electron chi connectivity index (χ0n) is 15.9. The van der Waals surface area contributed by atoms with Crippen molar-refractivity contribution in [3.05, 3.63) is 101 Å². The number of nitrogens with one attached hydrogen (secondary N) is 1. The fourth-order valence-electron chi connectivity index (χ4n) is 2.64. The first kappa shape index (κ1) is 19.8. The molecule has 0 aliphatic rings. The Balaban J connectivity index is 1.78. The summed E-state index contributed by atoms with van der Waals surface area (Å²) in [4.78, 5) is 12.5. The minimum Gasteiger partial charge on any atom is -0.488 e. The van der Waals surface area contributed by atoms with Gasteiger partial charge in [0.25, 0.3) is 5.91 Å². The Morgan fingerprint density at radius 2 is 1.76 bits per heavy atom. The molecule has 0 bridgehead atoms. The number of nitrogens with zero attached hydrogens (tertiary/aromatic N) is 1. The number of amides is 1. The molecule has 0 saturated carbocycles. The molecule has 0 aliphatic heterocycles. The maximum absolute atomic E-state index is 13.8. The summed E-state index contributed by atoms with van der Waals surface area (Å²) in [6.07, 6.45) is 1.46. The molecule has 3 aromatic carbocycles. The number of carbonyl (C=O) groups excluding carboxylic acids is 1. The van der Waals surface area contributed by atoms with E-state index in [0.29, 0.717) is 22.6 Å². The Hall–Kier alpha value is -3.91. The van der Waals surface area contributed by atoms with Gasteiger partial charge >= 0.3 is 0 Å². The van der Waals surface area contributed by atoms with Crippen molar-refractivity contribution >= 4 is 17.7 Å². The van der Waals surface area contributed by atoms with Crippen molar-refractivity contribution in [1.29, 1.82) is 5.26 Å². The van der Waals surface area contributed by atoms with E-state index in [2.05, 4.69) is 5.32 Å². The summed E-state index contributed by atoms with van der Waals surface area (Å²) >= 11 is 0. The molecule has 0 aliphatic carbocycles. The lowest BCUT2D eigenvalue weighted by molar-refractivity contribution is -0.112. The first-order chi connectivity index (χ1) is 14.1. The van der Waals surface area contributed by atoms with E-state index in [1.165, 1.54) is 12.1 Å². The van der Waals surface area contributed by atoms with Gasteiger partial charge in [-0.05, 0) is 37.3 Å². The van der Waals surface area contributed by atoms with Crippen molar-refractivity contribution in [2.24, 2.45) is 0 Å². The molecule has 4 nitrogen and oxygen atoms in total. The minimum absolute atomic E-state index is 0.0367. The van der Waals surface area contributed by atoms with Crippen LogP contribution in [0.25, 0.3) is 6.08 Å². The molecule has 0 radical (unpaired) electrons.